The van der Waals surface area contributed by atoms with Crippen LogP contribution in [-0.2, 0) is 19.9 Å². The first kappa shape index (κ1) is 18.7. The zero-order valence-corrected chi connectivity index (χ0v) is 16.3. The summed E-state index contributed by atoms with van der Waals surface area (Å²) in [6.07, 6.45) is 0.612. The van der Waals surface area contributed by atoms with Crippen molar-refractivity contribution in [2.45, 2.75) is 24.3 Å². The number of sulfone groups is 1. The van der Waals surface area contributed by atoms with E-state index in [2.05, 4.69) is 4.72 Å². The van der Waals surface area contributed by atoms with Gasteiger partial charge in [-0.15, -0.1) is 0 Å². The van der Waals surface area contributed by atoms with Gasteiger partial charge >= 0.3 is 0 Å². The molecule has 0 bridgehead atoms. The molecule has 1 aliphatic heterocycles. The minimum atomic E-state index is -3.65. The average Bonchev–Trinajstić information content (AvgIpc) is 2.95. The van der Waals surface area contributed by atoms with Crippen molar-refractivity contribution in [3.05, 3.63) is 54.1 Å². The van der Waals surface area contributed by atoms with Crippen molar-refractivity contribution in [3.63, 3.8) is 0 Å². The first-order valence-corrected chi connectivity index (χ1v) is 11.6. The first-order chi connectivity index (χ1) is 12.2. The van der Waals surface area contributed by atoms with Crippen molar-refractivity contribution >= 4 is 31.2 Å². The quantitative estimate of drug-likeness (QED) is 0.842. The molecule has 140 valence electrons. The summed E-state index contributed by atoms with van der Waals surface area (Å²) in [6.45, 7) is 1.75. The van der Waals surface area contributed by atoms with Crippen LogP contribution in [0.15, 0.2) is 53.4 Å². The van der Waals surface area contributed by atoms with Gasteiger partial charge in [0.2, 0.25) is 0 Å². The Balaban J connectivity index is 1.75. The molecule has 1 aliphatic rings. The number of sulfonamides is 1. The minimum absolute atomic E-state index is 0.0467. The average molecular weight is 395 g/mol. The molecule has 6 nitrogen and oxygen atoms in total. The second-order valence-corrected chi connectivity index (χ2v) is 10.5. The summed E-state index contributed by atoms with van der Waals surface area (Å²) in [6, 6.07) is 13.7. The number of nitrogens with zero attached hydrogens (tertiary/aromatic N) is 1. The van der Waals surface area contributed by atoms with Crippen LogP contribution in [0, 0.1) is 6.92 Å². The van der Waals surface area contributed by atoms with Gasteiger partial charge < -0.3 is 4.90 Å². The normalized spacial score (nSPS) is 19.2. The molecule has 0 radical (unpaired) electrons. The SMILES string of the molecule is Cc1ccccc1S(=O)(=O)Nc1ccc(N(C)C2CCS(=O)(=O)C2)cc1. The molecule has 1 saturated heterocycles. The third-order valence-electron chi connectivity index (χ3n) is 4.67. The summed E-state index contributed by atoms with van der Waals surface area (Å²) in [5, 5.41) is 0. The van der Waals surface area contributed by atoms with E-state index in [0.29, 0.717) is 17.7 Å². The van der Waals surface area contributed by atoms with Crippen LogP contribution in [0.2, 0.25) is 0 Å². The smallest absolute Gasteiger partial charge is 0.262 e. The van der Waals surface area contributed by atoms with E-state index < -0.39 is 19.9 Å². The lowest BCUT2D eigenvalue weighted by Crippen LogP contribution is -2.32. The Morgan fingerprint density at radius 1 is 1.08 bits per heavy atom. The Hall–Kier alpha value is -2.06. The van der Waals surface area contributed by atoms with E-state index in [0.717, 1.165) is 5.69 Å². The van der Waals surface area contributed by atoms with E-state index in [9.17, 15) is 16.8 Å². The minimum Gasteiger partial charge on any atom is -0.371 e. The summed E-state index contributed by atoms with van der Waals surface area (Å²) in [5.41, 5.74) is 1.99. The molecule has 1 unspecified atom stereocenters. The van der Waals surface area contributed by atoms with Crippen LogP contribution in [0.5, 0.6) is 0 Å². The van der Waals surface area contributed by atoms with Crippen LogP contribution in [0.3, 0.4) is 0 Å². The highest BCUT2D eigenvalue weighted by Crippen LogP contribution is 2.25. The van der Waals surface area contributed by atoms with Gasteiger partial charge in [0.25, 0.3) is 10.0 Å². The Kier molecular flexibility index (Phi) is 4.98. The maximum Gasteiger partial charge on any atom is 0.262 e. The summed E-state index contributed by atoms with van der Waals surface area (Å²) in [4.78, 5) is 2.18. The van der Waals surface area contributed by atoms with Gasteiger partial charge in [-0.1, -0.05) is 18.2 Å². The Bertz CT molecular complexity index is 1000. The second kappa shape index (κ2) is 6.92. The maximum absolute atomic E-state index is 12.5. The van der Waals surface area contributed by atoms with Gasteiger partial charge in [-0.25, -0.2) is 16.8 Å². The van der Waals surface area contributed by atoms with Gasteiger partial charge in [-0.3, -0.25) is 4.72 Å². The van der Waals surface area contributed by atoms with E-state index in [-0.39, 0.29) is 22.4 Å². The topological polar surface area (TPSA) is 83.6 Å². The zero-order chi connectivity index (χ0) is 18.9. The molecule has 26 heavy (non-hydrogen) atoms. The van der Waals surface area contributed by atoms with Crippen LogP contribution >= 0.6 is 0 Å². The van der Waals surface area contributed by atoms with Gasteiger partial charge in [0.15, 0.2) is 9.84 Å². The standard InChI is InChI=1S/C18H22N2O4S2/c1-14-5-3-4-6-18(14)26(23,24)19-15-7-9-16(10-8-15)20(2)17-11-12-25(21,22)13-17/h3-10,17,19H,11-13H2,1-2H3. The van der Waals surface area contributed by atoms with E-state index in [1.54, 1.807) is 55.5 Å². The van der Waals surface area contributed by atoms with E-state index >= 15 is 0 Å². The number of hydrogen-bond donors (Lipinski definition) is 1. The van der Waals surface area contributed by atoms with Crippen molar-refractivity contribution in [3.8, 4) is 0 Å². The molecule has 2 aromatic rings. The van der Waals surface area contributed by atoms with Crippen molar-refractivity contribution in [2.24, 2.45) is 0 Å². The Morgan fingerprint density at radius 2 is 1.73 bits per heavy atom. The van der Waals surface area contributed by atoms with Crippen molar-refractivity contribution in [2.75, 3.05) is 28.2 Å². The first-order valence-electron chi connectivity index (χ1n) is 8.30. The molecule has 8 heteroatoms. The monoisotopic (exact) mass is 394 g/mol. The van der Waals surface area contributed by atoms with Crippen LogP contribution in [-0.4, -0.2) is 41.4 Å². The van der Waals surface area contributed by atoms with Gasteiger partial charge in [0.05, 0.1) is 16.4 Å². The van der Waals surface area contributed by atoms with Crippen LogP contribution in [0.4, 0.5) is 11.4 Å². The van der Waals surface area contributed by atoms with Crippen molar-refractivity contribution in [1.29, 1.82) is 0 Å². The third kappa shape index (κ3) is 4.02. The fourth-order valence-corrected chi connectivity index (χ4v) is 6.20. The van der Waals surface area contributed by atoms with E-state index in [1.807, 2.05) is 11.9 Å². The van der Waals surface area contributed by atoms with E-state index in [1.165, 1.54) is 0 Å². The summed E-state index contributed by atoms with van der Waals surface area (Å²) < 4.78 is 50.9. The molecular weight excluding hydrogens is 372 g/mol. The summed E-state index contributed by atoms with van der Waals surface area (Å²) >= 11 is 0. The maximum atomic E-state index is 12.5. The van der Waals surface area contributed by atoms with E-state index in [4.69, 9.17) is 0 Å². The van der Waals surface area contributed by atoms with Gasteiger partial charge in [0.1, 0.15) is 0 Å². The highest BCUT2D eigenvalue weighted by Gasteiger charge is 2.30. The second-order valence-electron chi connectivity index (χ2n) is 6.59. The molecular formula is C18H22N2O4S2. The molecule has 1 atom stereocenters. The zero-order valence-electron chi connectivity index (χ0n) is 14.7. The molecule has 0 saturated carbocycles. The number of anilines is 2. The number of benzene rings is 2. The van der Waals surface area contributed by atoms with Crippen LogP contribution in [0.25, 0.3) is 0 Å². The van der Waals surface area contributed by atoms with Crippen molar-refractivity contribution < 1.29 is 16.8 Å². The molecule has 0 spiro atoms. The Labute approximate surface area is 154 Å². The summed E-state index contributed by atoms with van der Waals surface area (Å²) in [7, 11) is -4.74. The molecule has 1 fully saturated rings. The molecule has 3 rings (SSSR count). The Morgan fingerprint density at radius 3 is 2.31 bits per heavy atom. The fourth-order valence-electron chi connectivity index (χ4n) is 3.12. The van der Waals surface area contributed by atoms with Gasteiger partial charge in [-0.2, -0.15) is 0 Å². The number of rotatable bonds is 5. The van der Waals surface area contributed by atoms with Gasteiger partial charge in [0, 0.05) is 24.5 Å². The van der Waals surface area contributed by atoms with Crippen molar-refractivity contribution in [1.82, 2.24) is 0 Å². The fraction of sp³-hybridized carbons (Fsp3) is 0.333. The lowest BCUT2D eigenvalue weighted by Gasteiger charge is -2.25. The largest absolute Gasteiger partial charge is 0.371 e. The molecule has 0 aliphatic carbocycles. The lowest BCUT2D eigenvalue weighted by molar-refractivity contribution is 0.599. The molecule has 2 aromatic carbocycles. The number of aryl methyl sites for hydroxylation is 1. The predicted molar refractivity (Wildman–Crippen MR) is 104 cm³/mol. The third-order valence-corrected chi connectivity index (χ3v) is 7.96. The number of nitrogens with one attached hydrogen (secondary N) is 1. The summed E-state index contributed by atoms with van der Waals surface area (Å²) in [5.74, 6) is 0.376. The molecule has 0 amide bonds. The highest BCUT2D eigenvalue weighted by atomic mass is 32.2. The molecule has 1 heterocycles. The number of hydrogen-bond acceptors (Lipinski definition) is 5. The van der Waals surface area contributed by atoms with Gasteiger partial charge in [-0.05, 0) is 49.2 Å². The highest BCUT2D eigenvalue weighted by molar-refractivity contribution is 7.92. The van der Waals surface area contributed by atoms with Crippen LogP contribution in [0.1, 0.15) is 12.0 Å². The lowest BCUT2D eigenvalue weighted by atomic mass is 10.2. The molecule has 1 N–H and O–H groups in total. The predicted octanol–water partition coefficient (Wildman–Crippen LogP) is 2.42. The van der Waals surface area contributed by atoms with Crippen LogP contribution < -0.4 is 9.62 Å². The molecule has 0 aromatic heterocycles.